The van der Waals surface area contributed by atoms with E-state index < -0.39 is 12.1 Å². The Morgan fingerprint density at radius 3 is 2.40 bits per heavy atom. The van der Waals surface area contributed by atoms with Crippen LogP contribution in [0.1, 0.15) is 52.0 Å². The second-order valence-electron chi connectivity index (χ2n) is 9.21. The number of hydrogen-bond acceptors (Lipinski definition) is 4. The second-order valence-corrected chi connectivity index (χ2v) is 9.21. The number of esters is 1. The van der Waals surface area contributed by atoms with Gasteiger partial charge in [-0.15, -0.1) is 0 Å². The van der Waals surface area contributed by atoms with Gasteiger partial charge in [0.05, 0.1) is 18.2 Å². The lowest BCUT2D eigenvalue weighted by molar-refractivity contribution is -0.170. The Morgan fingerprint density at radius 1 is 1.09 bits per heavy atom. The van der Waals surface area contributed by atoms with E-state index in [9.17, 15) is 22.8 Å². The number of carbonyl (C=O) groups excluding carboxylic acids is 2. The van der Waals surface area contributed by atoms with Crippen LogP contribution in [0.5, 0.6) is 0 Å². The van der Waals surface area contributed by atoms with E-state index in [0.717, 1.165) is 22.6 Å². The number of rotatable bonds is 9. The third-order valence-electron chi connectivity index (χ3n) is 6.10. The number of anilines is 2. The van der Waals surface area contributed by atoms with Crippen molar-refractivity contribution in [1.82, 2.24) is 0 Å². The van der Waals surface area contributed by atoms with Crippen LogP contribution in [0.25, 0.3) is 11.1 Å². The normalized spacial score (nSPS) is 14.1. The van der Waals surface area contributed by atoms with Gasteiger partial charge in [0.1, 0.15) is 0 Å². The molecule has 0 atom stereocenters. The molecule has 1 heterocycles. The fourth-order valence-electron chi connectivity index (χ4n) is 4.12. The van der Waals surface area contributed by atoms with Crippen molar-refractivity contribution >= 4 is 23.3 Å². The highest BCUT2D eigenvalue weighted by molar-refractivity contribution is 6.01. The zero-order chi connectivity index (χ0) is 25.8. The first-order valence-electron chi connectivity index (χ1n) is 12.1. The van der Waals surface area contributed by atoms with Crippen molar-refractivity contribution in [2.24, 2.45) is 5.92 Å². The summed E-state index contributed by atoms with van der Waals surface area (Å²) in [5, 5.41) is 0. The molecule has 0 unspecified atom stereocenters. The Morgan fingerprint density at radius 2 is 1.80 bits per heavy atom. The maximum absolute atomic E-state index is 13.4. The molecule has 1 amide bonds. The molecule has 0 radical (unpaired) electrons. The summed E-state index contributed by atoms with van der Waals surface area (Å²) < 4.78 is 45.5. The van der Waals surface area contributed by atoms with Crippen LogP contribution in [0.15, 0.2) is 42.5 Å². The molecule has 0 bridgehead atoms. The van der Waals surface area contributed by atoms with E-state index in [2.05, 4.69) is 0 Å². The number of benzene rings is 2. The maximum atomic E-state index is 13.4. The first kappa shape index (κ1) is 26.6. The summed E-state index contributed by atoms with van der Waals surface area (Å²) >= 11 is 0. The zero-order valence-electron chi connectivity index (χ0n) is 20.7. The van der Waals surface area contributed by atoms with Crippen molar-refractivity contribution in [1.29, 1.82) is 0 Å². The van der Waals surface area contributed by atoms with Crippen LogP contribution in [0.2, 0.25) is 0 Å². The largest absolute Gasteiger partial charge is 0.471 e. The summed E-state index contributed by atoms with van der Waals surface area (Å²) in [5.41, 5.74) is 3.36. The average molecular weight is 491 g/mol. The molecule has 0 aromatic heterocycles. The number of ether oxygens (including phenoxy) is 1. The van der Waals surface area contributed by atoms with Crippen LogP contribution in [0.4, 0.5) is 24.5 Å². The highest BCUT2D eigenvalue weighted by Gasteiger charge is 2.43. The summed E-state index contributed by atoms with van der Waals surface area (Å²) in [6, 6.07) is 12.7. The predicted molar refractivity (Wildman–Crippen MR) is 132 cm³/mol. The van der Waals surface area contributed by atoms with Crippen molar-refractivity contribution in [2.45, 2.75) is 52.6 Å². The molecule has 2 aromatic carbocycles. The fraction of sp³-hybridized carbons (Fsp3) is 0.481. The first-order valence-corrected chi connectivity index (χ1v) is 12.1. The van der Waals surface area contributed by atoms with Gasteiger partial charge in [0.15, 0.2) is 0 Å². The van der Waals surface area contributed by atoms with Gasteiger partial charge in [-0.25, -0.2) is 0 Å². The minimum atomic E-state index is -4.97. The Hall–Kier alpha value is -3.03. The SMILES string of the molecule is CCCOC(=O)C1CN(c2cccc(-c3cc(C(C)C)ccc3N(CCC)C(=O)C(F)(F)F)c2)C1. The van der Waals surface area contributed by atoms with Crippen molar-refractivity contribution in [3.8, 4) is 11.1 Å². The van der Waals surface area contributed by atoms with Gasteiger partial charge in [0, 0.05) is 30.9 Å². The molecule has 0 saturated carbocycles. The molecule has 1 aliphatic heterocycles. The average Bonchev–Trinajstić information content (AvgIpc) is 2.79. The van der Waals surface area contributed by atoms with Crippen LogP contribution < -0.4 is 9.80 Å². The minimum Gasteiger partial charge on any atom is -0.465 e. The molecule has 190 valence electrons. The monoisotopic (exact) mass is 490 g/mol. The van der Waals surface area contributed by atoms with Crippen molar-refractivity contribution in [2.75, 3.05) is 36.0 Å². The van der Waals surface area contributed by atoms with Gasteiger partial charge in [-0.05, 0) is 54.2 Å². The molecule has 0 aliphatic carbocycles. The molecule has 2 aromatic rings. The molecule has 1 fully saturated rings. The first-order chi connectivity index (χ1) is 16.6. The zero-order valence-corrected chi connectivity index (χ0v) is 20.7. The van der Waals surface area contributed by atoms with Crippen molar-refractivity contribution in [3.05, 3.63) is 48.0 Å². The van der Waals surface area contributed by atoms with Crippen molar-refractivity contribution < 1.29 is 27.5 Å². The lowest BCUT2D eigenvalue weighted by Crippen LogP contribution is -2.51. The Labute approximate surface area is 204 Å². The van der Waals surface area contributed by atoms with Crippen molar-refractivity contribution in [3.63, 3.8) is 0 Å². The molecule has 3 rings (SSSR count). The lowest BCUT2D eigenvalue weighted by atomic mass is 9.94. The molecular formula is C27H33F3N2O3. The minimum absolute atomic E-state index is 0.0419. The quantitative estimate of drug-likeness (QED) is 0.395. The number of nitrogens with zero attached hydrogens (tertiary/aromatic N) is 2. The third kappa shape index (κ3) is 6.16. The van der Waals surface area contributed by atoms with Crippen LogP contribution >= 0.6 is 0 Å². The number of hydrogen-bond donors (Lipinski definition) is 0. The molecule has 35 heavy (non-hydrogen) atoms. The van der Waals surface area contributed by atoms with Gasteiger partial charge in [-0.1, -0.05) is 45.9 Å². The van der Waals surface area contributed by atoms with Crippen LogP contribution in [-0.4, -0.2) is 44.3 Å². The van der Waals surface area contributed by atoms with Gasteiger partial charge in [-0.3, -0.25) is 9.59 Å². The third-order valence-corrected chi connectivity index (χ3v) is 6.10. The predicted octanol–water partition coefficient (Wildman–Crippen LogP) is 6.17. The summed E-state index contributed by atoms with van der Waals surface area (Å²) in [4.78, 5) is 27.3. The molecule has 8 heteroatoms. The van der Waals surface area contributed by atoms with Crippen LogP contribution in [-0.2, 0) is 14.3 Å². The van der Waals surface area contributed by atoms with Gasteiger partial charge in [0.2, 0.25) is 0 Å². The second kappa shape index (κ2) is 11.1. The Kier molecular flexibility index (Phi) is 8.46. The molecule has 0 spiro atoms. The van der Waals surface area contributed by atoms with E-state index >= 15 is 0 Å². The van der Waals surface area contributed by atoms with E-state index in [1.54, 1.807) is 19.1 Å². The van der Waals surface area contributed by atoms with Gasteiger partial charge in [0.25, 0.3) is 0 Å². The Bertz CT molecular complexity index is 1050. The van der Waals surface area contributed by atoms with Gasteiger partial charge >= 0.3 is 18.1 Å². The summed E-state index contributed by atoms with van der Waals surface area (Å²) in [6.45, 7) is 9.13. The lowest BCUT2D eigenvalue weighted by Gasteiger charge is -2.39. The number of halogens is 3. The topological polar surface area (TPSA) is 49.9 Å². The number of alkyl halides is 3. The molecule has 5 nitrogen and oxygen atoms in total. The highest BCUT2D eigenvalue weighted by atomic mass is 19.4. The smallest absolute Gasteiger partial charge is 0.465 e. The molecule has 0 N–H and O–H groups in total. The van der Waals surface area contributed by atoms with E-state index in [1.165, 1.54) is 0 Å². The standard InChI is InChI=1S/C27H33F3N2O3/c1-5-12-32(26(34)27(28,29)30)24-11-10-19(18(3)4)15-23(24)20-8-7-9-22(14-20)31-16-21(17-31)25(33)35-13-6-2/h7-11,14-15,18,21H,5-6,12-13,16-17H2,1-4H3. The fourth-order valence-corrected chi connectivity index (χ4v) is 4.12. The highest BCUT2D eigenvalue weighted by Crippen LogP contribution is 2.38. The van der Waals surface area contributed by atoms with E-state index in [0.29, 0.717) is 37.2 Å². The number of carbonyl (C=O) groups is 2. The van der Waals surface area contributed by atoms with E-state index in [1.807, 2.05) is 56.0 Å². The summed E-state index contributed by atoms with van der Waals surface area (Å²) in [7, 11) is 0. The Balaban J connectivity index is 1.96. The summed E-state index contributed by atoms with van der Waals surface area (Å²) in [5.74, 6) is -2.10. The van der Waals surface area contributed by atoms with E-state index in [4.69, 9.17) is 4.74 Å². The van der Waals surface area contributed by atoms with Gasteiger partial charge < -0.3 is 14.5 Å². The molecular weight excluding hydrogens is 457 g/mol. The van der Waals surface area contributed by atoms with Gasteiger partial charge in [-0.2, -0.15) is 13.2 Å². The van der Waals surface area contributed by atoms with Crippen LogP contribution in [0.3, 0.4) is 0 Å². The molecule has 1 saturated heterocycles. The van der Waals surface area contributed by atoms with E-state index in [-0.39, 0.29) is 30.0 Å². The summed E-state index contributed by atoms with van der Waals surface area (Å²) in [6.07, 6.45) is -3.81. The maximum Gasteiger partial charge on any atom is 0.471 e. The van der Waals surface area contributed by atoms with Crippen LogP contribution in [0, 0.1) is 5.92 Å². The molecule has 1 aliphatic rings. The number of amides is 1.